The summed E-state index contributed by atoms with van der Waals surface area (Å²) in [5, 5.41) is 3.36. The Kier molecular flexibility index (Phi) is 3.36. The third-order valence-corrected chi connectivity index (χ3v) is 4.29. The van der Waals surface area contributed by atoms with Crippen LogP contribution in [0.1, 0.15) is 12.5 Å². The third-order valence-electron chi connectivity index (χ3n) is 3.37. The Balaban J connectivity index is 2.07. The van der Waals surface area contributed by atoms with Crippen molar-refractivity contribution in [3.8, 4) is 0 Å². The maximum absolute atomic E-state index is 4.37. The van der Waals surface area contributed by atoms with Gasteiger partial charge in [-0.25, -0.2) is 9.97 Å². The summed E-state index contributed by atoms with van der Waals surface area (Å²) in [5.41, 5.74) is 3.39. The number of hydrogen-bond donors (Lipinski definition) is 1. The highest BCUT2D eigenvalue weighted by molar-refractivity contribution is 8.07. The monoisotopic (exact) mass is 284 g/mol. The molecule has 1 aromatic carbocycles. The number of anilines is 4. The van der Waals surface area contributed by atoms with Crippen molar-refractivity contribution < 1.29 is 0 Å². The highest BCUT2D eigenvalue weighted by Crippen LogP contribution is 2.41. The van der Waals surface area contributed by atoms with E-state index in [4.69, 9.17) is 0 Å². The van der Waals surface area contributed by atoms with Crippen LogP contribution < -0.4 is 10.2 Å². The van der Waals surface area contributed by atoms with Crippen molar-refractivity contribution in [3.63, 3.8) is 0 Å². The Labute approximate surface area is 122 Å². The van der Waals surface area contributed by atoms with Crippen molar-refractivity contribution in [2.75, 3.05) is 23.5 Å². The Morgan fingerprint density at radius 3 is 2.85 bits per heavy atom. The maximum Gasteiger partial charge on any atom is 0.176 e. The fourth-order valence-corrected chi connectivity index (χ4v) is 2.99. The van der Waals surface area contributed by atoms with Crippen molar-refractivity contribution in [2.45, 2.75) is 6.92 Å². The second-order valence-electron chi connectivity index (χ2n) is 4.50. The lowest BCUT2D eigenvalue weighted by Crippen LogP contribution is -2.19. The SMILES string of the molecule is C/C=C(\SC)c1ccc2c(c1)Nc1nccnc1N2C. The van der Waals surface area contributed by atoms with Crippen molar-refractivity contribution >= 4 is 39.7 Å². The molecule has 1 N–H and O–H groups in total. The average Bonchev–Trinajstić information content (AvgIpc) is 2.48. The molecule has 1 aliphatic heterocycles. The van der Waals surface area contributed by atoms with Gasteiger partial charge >= 0.3 is 0 Å². The fraction of sp³-hybridized carbons (Fsp3) is 0.200. The number of allylic oxidation sites excluding steroid dienone is 1. The molecule has 0 saturated carbocycles. The first-order valence-electron chi connectivity index (χ1n) is 6.41. The maximum atomic E-state index is 4.37. The molecule has 2 aromatic rings. The fourth-order valence-electron chi connectivity index (χ4n) is 2.39. The predicted molar refractivity (Wildman–Crippen MR) is 87.0 cm³/mol. The molecular formula is C15H16N4S. The molecule has 20 heavy (non-hydrogen) atoms. The zero-order valence-electron chi connectivity index (χ0n) is 11.7. The van der Waals surface area contributed by atoms with Crippen LogP contribution in [-0.2, 0) is 0 Å². The van der Waals surface area contributed by atoms with Gasteiger partial charge in [-0.2, -0.15) is 0 Å². The number of thioether (sulfide) groups is 1. The van der Waals surface area contributed by atoms with Crippen LogP contribution >= 0.6 is 11.8 Å². The van der Waals surface area contributed by atoms with E-state index in [-0.39, 0.29) is 0 Å². The van der Waals surface area contributed by atoms with E-state index in [0.717, 1.165) is 23.0 Å². The molecule has 0 saturated heterocycles. The Hall–Kier alpha value is -2.01. The summed E-state index contributed by atoms with van der Waals surface area (Å²) >= 11 is 1.75. The van der Waals surface area contributed by atoms with E-state index in [1.807, 2.05) is 7.05 Å². The van der Waals surface area contributed by atoms with Crippen molar-refractivity contribution in [2.24, 2.45) is 0 Å². The first kappa shape index (κ1) is 13.0. The van der Waals surface area contributed by atoms with Gasteiger partial charge in [-0.1, -0.05) is 12.1 Å². The van der Waals surface area contributed by atoms with Crippen LogP contribution in [0.2, 0.25) is 0 Å². The molecule has 102 valence electrons. The predicted octanol–water partition coefficient (Wildman–Crippen LogP) is 4.03. The lowest BCUT2D eigenvalue weighted by Gasteiger charge is -2.29. The largest absolute Gasteiger partial charge is 0.335 e. The molecule has 2 heterocycles. The minimum Gasteiger partial charge on any atom is -0.335 e. The van der Waals surface area contributed by atoms with Gasteiger partial charge < -0.3 is 10.2 Å². The molecule has 0 fully saturated rings. The zero-order chi connectivity index (χ0) is 14.1. The molecule has 0 bridgehead atoms. The highest BCUT2D eigenvalue weighted by Gasteiger charge is 2.21. The summed E-state index contributed by atoms with van der Waals surface area (Å²) in [4.78, 5) is 12.1. The summed E-state index contributed by atoms with van der Waals surface area (Å²) in [6.45, 7) is 2.06. The summed E-state index contributed by atoms with van der Waals surface area (Å²) in [6.07, 6.45) is 7.64. The summed E-state index contributed by atoms with van der Waals surface area (Å²) in [7, 11) is 2.01. The lowest BCUT2D eigenvalue weighted by molar-refractivity contribution is 1.07. The number of nitrogens with one attached hydrogen (secondary N) is 1. The first-order valence-corrected chi connectivity index (χ1v) is 7.63. The van der Waals surface area contributed by atoms with Gasteiger partial charge in [-0.05, 0) is 30.9 Å². The second kappa shape index (κ2) is 5.17. The van der Waals surface area contributed by atoms with Crippen LogP contribution in [0.15, 0.2) is 36.7 Å². The molecule has 0 spiro atoms. The Bertz CT molecular complexity index is 681. The van der Waals surface area contributed by atoms with Crippen molar-refractivity contribution in [1.82, 2.24) is 9.97 Å². The quantitative estimate of drug-likeness (QED) is 0.902. The van der Waals surface area contributed by atoms with Crippen LogP contribution in [0.3, 0.4) is 0 Å². The highest BCUT2D eigenvalue weighted by atomic mass is 32.2. The number of hydrogen-bond acceptors (Lipinski definition) is 5. The van der Waals surface area contributed by atoms with Gasteiger partial charge in [0, 0.05) is 24.3 Å². The van der Waals surface area contributed by atoms with Crippen LogP contribution in [-0.4, -0.2) is 23.3 Å². The third kappa shape index (κ3) is 2.04. The number of fused-ring (bicyclic) bond motifs is 2. The van der Waals surface area contributed by atoms with E-state index in [9.17, 15) is 0 Å². The molecule has 3 rings (SSSR count). The standard InChI is InChI=1S/C15H16N4S/c1-4-13(20-3)10-5-6-12-11(9-10)18-14-15(19(12)2)17-8-7-16-14/h4-9H,1-3H3,(H,16,18)/b13-4-. The number of nitrogens with zero attached hydrogens (tertiary/aromatic N) is 3. The molecule has 0 amide bonds. The number of aromatic nitrogens is 2. The van der Waals surface area contributed by atoms with Gasteiger partial charge in [0.15, 0.2) is 11.6 Å². The zero-order valence-corrected chi connectivity index (χ0v) is 12.5. The molecule has 1 aliphatic rings. The van der Waals surface area contributed by atoms with E-state index >= 15 is 0 Å². The van der Waals surface area contributed by atoms with E-state index in [0.29, 0.717) is 0 Å². The van der Waals surface area contributed by atoms with Crippen molar-refractivity contribution in [1.29, 1.82) is 0 Å². The van der Waals surface area contributed by atoms with Gasteiger partial charge in [0.2, 0.25) is 0 Å². The smallest absolute Gasteiger partial charge is 0.176 e. The van der Waals surface area contributed by atoms with E-state index in [1.54, 1.807) is 24.2 Å². The molecular weight excluding hydrogens is 268 g/mol. The van der Waals surface area contributed by atoms with Gasteiger partial charge in [0.05, 0.1) is 11.4 Å². The van der Waals surface area contributed by atoms with E-state index < -0.39 is 0 Å². The van der Waals surface area contributed by atoms with E-state index in [2.05, 4.69) is 57.6 Å². The Morgan fingerprint density at radius 2 is 2.10 bits per heavy atom. The van der Waals surface area contributed by atoms with Crippen LogP contribution in [0, 0.1) is 0 Å². The normalized spacial score (nSPS) is 13.6. The van der Waals surface area contributed by atoms with Gasteiger partial charge in [0.25, 0.3) is 0 Å². The van der Waals surface area contributed by atoms with E-state index in [1.165, 1.54) is 10.5 Å². The number of rotatable bonds is 2. The molecule has 4 nitrogen and oxygen atoms in total. The van der Waals surface area contributed by atoms with Crippen LogP contribution in [0.5, 0.6) is 0 Å². The molecule has 0 unspecified atom stereocenters. The topological polar surface area (TPSA) is 41.1 Å². The van der Waals surface area contributed by atoms with Gasteiger partial charge in [0.1, 0.15) is 0 Å². The molecule has 0 atom stereocenters. The molecule has 1 aromatic heterocycles. The van der Waals surface area contributed by atoms with Crippen LogP contribution in [0.25, 0.3) is 4.91 Å². The van der Waals surface area contributed by atoms with Crippen LogP contribution in [0.4, 0.5) is 23.0 Å². The van der Waals surface area contributed by atoms with Crippen molar-refractivity contribution in [3.05, 3.63) is 42.2 Å². The lowest BCUT2D eigenvalue weighted by atomic mass is 10.1. The average molecular weight is 284 g/mol. The second-order valence-corrected chi connectivity index (χ2v) is 5.35. The van der Waals surface area contributed by atoms with Gasteiger partial charge in [-0.15, -0.1) is 11.8 Å². The summed E-state index contributed by atoms with van der Waals surface area (Å²) in [6, 6.07) is 6.43. The summed E-state index contributed by atoms with van der Waals surface area (Å²) in [5.74, 6) is 1.65. The minimum atomic E-state index is 0.797. The number of benzene rings is 1. The molecule has 0 radical (unpaired) electrons. The van der Waals surface area contributed by atoms with Gasteiger partial charge in [-0.3, -0.25) is 0 Å². The first-order chi connectivity index (χ1) is 9.74. The Morgan fingerprint density at radius 1 is 1.30 bits per heavy atom. The minimum absolute atomic E-state index is 0.797. The molecule has 0 aliphatic carbocycles. The molecule has 5 heteroatoms. The summed E-state index contributed by atoms with van der Waals surface area (Å²) < 4.78 is 0.